The normalized spacial score (nSPS) is 17.5. The second-order valence-corrected chi connectivity index (χ2v) is 8.50. The molecule has 1 aliphatic rings. The third-order valence-corrected chi connectivity index (χ3v) is 5.45. The number of sulfonamides is 1. The Labute approximate surface area is 152 Å². The summed E-state index contributed by atoms with van der Waals surface area (Å²) in [4.78, 5) is 2.16. The minimum atomic E-state index is -3.31. The summed E-state index contributed by atoms with van der Waals surface area (Å²) in [6.45, 7) is 2.78. The number of nitrogens with zero attached hydrogens (tertiary/aromatic N) is 1. The molecule has 1 atom stereocenters. The van der Waals surface area contributed by atoms with Gasteiger partial charge in [-0.3, -0.25) is 4.72 Å². The second kappa shape index (κ2) is 6.47. The van der Waals surface area contributed by atoms with Gasteiger partial charge in [0.1, 0.15) is 0 Å². The van der Waals surface area contributed by atoms with Gasteiger partial charge in [-0.25, -0.2) is 8.42 Å². The highest BCUT2D eigenvalue weighted by Gasteiger charge is 2.28. The van der Waals surface area contributed by atoms with E-state index in [4.69, 9.17) is 23.2 Å². The first-order chi connectivity index (χ1) is 11.3. The molecule has 2 aromatic carbocycles. The second-order valence-electron chi connectivity index (χ2n) is 5.94. The van der Waals surface area contributed by atoms with Gasteiger partial charge < -0.3 is 4.90 Å². The van der Waals surface area contributed by atoms with Gasteiger partial charge in [-0.05, 0) is 42.7 Å². The molecule has 0 fully saturated rings. The lowest BCUT2D eigenvalue weighted by Crippen LogP contribution is -2.35. The Morgan fingerprint density at radius 3 is 2.38 bits per heavy atom. The van der Waals surface area contributed by atoms with E-state index in [1.54, 1.807) is 6.07 Å². The van der Waals surface area contributed by atoms with E-state index in [-0.39, 0.29) is 6.04 Å². The summed E-state index contributed by atoms with van der Waals surface area (Å²) in [5.41, 5.74) is 3.56. The predicted octanol–water partition coefficient (Wildman–Crippen LogP) is 4.49. The van der Waals surface area contributed by atoms with Gasteiger partial charge in [-0.2, -0.15) is 0 Å². The molecule has 1 aliphatic heterocycles. The minimum absolute atomic E-state index is 0.0347. The average molecular weight is 385 g/mol. The highest BCUT2D eigenvalue weighted by atomic mass is 35.5. The fourth-order valence-corrected chi connectivity index (χ4v) is 4.44. The van der Waals surface area contributed by atoms with Crippen molar-refractivity contribution in [2.24, 2.45) is 0 Å². The van der Waals surface area contributed by atoms with Crippen LogP contribution in [0.25, 0.3) is 0 Å². The number of benzene rings is 2. The van der Waals surface area contributed by atoms with Crippen molar-refractivity contribution in [3.05, 3.63) is 57.6 Å². The largest absolute Gasteiger partial charge is 0.362 e. The van der Waals surface area contributed by atoms with Crippen molar-refractivity contribution in [1.82, 2.24) is 0 Å². The first kappa shape index (κ1) is 17.4. The van der Waals surface area contributed by atoms with Gasteiger partial charge in [0.05, 0.1) is 33.7 Å². The molecule has 7 heteroatoms. The zero-order valence-electron chi connectivity index (χ0n) is 13.4. The lowest BCUT2D eigenvalue weighted by atomic mass is 9.92. The first-order valence-electron chi connectivity index (χ1n) is 7.58. The van der Waals surface area contributed by atoms with E-state index in [1.807, 2.05) is 30.3 Å². The summed E-state index contributed by atoms with van der Waals surface area (Å²) in [5, 5.41) is 1.23. The van der Waals surface area contributed by atoms with Crippen molar-refractivity contribution in [1.29, 1.82) is 0 Å². The van der Waals surface area contributed by atoms with E-state index in [2.05, 4.69) is 16.5 Å². The SMILES string of the molecule is C[C@H]1c2cccc(NS(C)(=O)=O)c2CCN1c1c(Cl)cccc1Cl. The van der Waals surface area contributed by atoms with Gasteiger partial charge >= 0.3 is 0 Å². The fourth-order valence-electron chi connectivity index (χ4n) is 3.23. The Kier molecular flexibility index (Phi) is 4.69. The summed E-state index contributed by atoms with van der Waals surface area (Å²) in [7, 11) is -3.31. The molecule has 0 saturated heterocycles. The number of anilines is 2. The number of fused-ring (bicyclic) bond motifs is 1. The van der Waals surface area contributed by atoms with Gasteiger partial charge in [0.2, 0.25) is 10.0 Å². The molecule has 0 spiro atoms. The van der Waals surface area contributed by atoms with Gasteiger partial charge in [-0.15, -0.1) is 0 Å². The van der Waals surface area contributed by atoms with Crippen LogP contribution in [0.4, 0.5) is 11.4 Å². The van der Waals surface area contributed by atoms with Crippen LogP contribution in [0.15, 0.2) is 36.4 Å². The van der Waals surface area contributed by atoms with Crippen molar-refractivity contribution in [2.75, 3.05) is 22.4 Å². The van der Waals surface area contributed by atoms with Crippen molar-refractivity contribution in [3.8, 4) is 0 Å². The van der Waals surface area contributed by atoms with E-state index >= 15 is 0 Å². The van der Waals surface area contributed by atoms with Crippen LogP contribution < -0.4 is 9.62 Å². The van der Waals surface area contributed by atoms with Crippen LogP contribution in [0.5, 0.6) is 0 Å². The van der Waals surface area contributed by atoms with Gasteiger partial charge in [0.15, 0.2) is 0 Å². The number of nitrogens with one attached hydrogen (secondary N) is 1. The zero-order chi connectivity index (χ0) is 17.5. The van der Waals surface area contributed by atoms with Crippen LogP contribution in [0.2, 0.25) is 10.0 Å². The smallest absolute Gasteiger partial charge is 0.229 e. The van der Waals surface area contributed by atoms with E-state index in [9.17, 15) is 8.42 Å². The minimum Gasteiger partial charge on any atom is -0.362 e. The summed E-state index contributed by atoms with van der Waals surface area (Å²) in [6, 6.07) is 11.2. The molecule has 0 aromatic heterocycles. The topological polar surface area (TPSA) is 49.4 Å². The Hall–Kier alpha value is -1.43. The molecule has 0 aliphatic carbocycles. The van der Waals surface area contributed by atoms with Crippen molar-refractivity contribution < 1.29 is 8.42 Å². The van der Waals surface area contributed by atoms with Crippen LogP contribution in [0, 0.1) is 0 Å². The lowest BCUT2D eigenvalue weighted by Gasteiger charge is -2.38. The quantitative estimate of drug-likeness (QED) is 0.847. The molecule has 2 aromatic rings. The molecule has 24 heavy (non-hydrogen) atoms. The Balaban J connectivity index is 2.03. The maximum atomic E-state index is 11.6. The Morgan fingerprint density at radius 1 is 1.12 bits per heavy atom. The van der Waals surface area contributed by atoms with Gasteiger partial charge in [0, 0.05) is 6.54 Å². The van der Waals surface area contributed by atoms with Crippen LogP contribution in [-0.4, -0.2) is 21.2 Å². The van der Waals surface area contributed by atoms with Gasteiger partial charge in [0.25, 0.3) is 0 Å². The molecule has 128 valence electrons. The maximum Gasteiger partial charge on any atom is 0.229 e. The molecule has 0 saturated carbocycles. The average Bonchev–Trinajstić information content (AvgIpc) is 2.48. The molecule has 3 rings (SSSR count). The summed E-state index contributed by atoms with van der Waals surface area (Å²) >= 11 is 12.7. The Morgan fingerprint density at radius 2 is 1.75 bits per heavy atom. The molecule has 0 radical (unpaired) electrons. The third-order valence-electron chi connectivity index (χ3n) is 4.25. The lowest BCUT2D eigenvalue weighted by molar-refractivity contribution is 0.606. The van der Waals surface area contributed by atoms with Crippen molar-refractivity contribution >= 4 is 44.6 Å². The molecular weight excluding hydrogens is 367 g/mol. The standard InChI is InChI=1S/C17H18Cl2N2O2S/c1-11-12-5-3-8-16(20-24(2,22)23)13(12)9-10-21(11)17-14(18)6-4-7-15(17)19/h3-8,11,20H,9-10H2,1-2H3/t11-/m0/s1. The van der Waals surface area contributed by atoms with Gasteiger partial charge in [-0.1, -0.05) is 41.4 Å². The monoisotopic (exact) mass is 384 g/mol. The molecule has 0 bridgehead atoms. The predicted molar refractivity (Wildman–Crippen MR) is 101 cm³/mol. The molecule has 0 amide bonds. The number of hydrogen-bond donors (Lipinski definition) is 1. The van der Waals surface area contributed by atoms with Crippen molar-refractivity contribution in [3.63, 3.8) is 0 Å². The van der Waals surface area contributed by atoms with Crippen LogP contribution in [-0.2, 0) is 16.4 Å². The highest BCUT2D eigenvalue weighted by molar-refractivity contribution is 7.92. The zero-order valence-corrected chi connectivity index (χ0v) is 15.7. The van der Waals surface area contributed by atoms with Crippen LogP contribution >= 0.6 is 23.2 Å². The highest BCUT2D eigenvalue weighted by Crippen LogP contribution is 2.42. The first-order valence-corrected chi connectivity index (χ1v) is 10.2. The fraction of sp³-hybridized carbons (Fsp3) is 0.294. The summed E-state index contributed by atoms with van der Waals surface area (Å²) < 4.78 is 25.8. The maximum absolute atomic E-state index is 11.6. The van der Waals surface area contributed by atoms with Crippen molar-refractivity contribution in [2.45, 2.75) is 19.4 Å². The molecular formula is C17H18Cl2N2O2S. The van der Waals surface area contributed by atoms with E-state index in [1.165, 1.54) is 0 Å². The van der Waals surface area contributed by atoms with E-state index in [0.717, 1.165) is 23.1 Å². The Bertz CT molecular complexity index is 864. The number of para-hydroxylation sites is 1. The van der Waals surface area contributed by atoms with E-state index in [0.29, 0.717) is 28.7 Å². The van der Waals surface area contributed by atoms with Crippen LogP contribution in [0.1, 0.15) is 24.1 Å². The number of hydrogen-bond acceptors (Lipinski definition) is 3. The van der Waals surface area contributed by atoms with E-state index < -0.39 is 10.0 Å². The summed E-state index contributed by atoms with van der Waals surface area (Å²) in [5.74, 6) is 0. The van der Waals surface area contributed by atoms with Crippen LogP contribution in [0.3, 0.4) is 0 Å². The number of rotatable bonds is 3. The number of halogens is 2. The molecule has 4 nitrogen and oxygen atoms in total. The molecule has 1 N–H and O–H groups in total. The summed E-state index contributed by atoms with van der Waals surface area (Å²) in [6.07, 6.45) is 1.87. The molecule has 0 unspecified atom stereocenters. The third kappa shape index (κ3) is 3.34. The molecule has 1 heterocycles.